The van der Waals surface area contributed by atoms with Crippen LogP contribution in [-0.4, -0.2) is 65.9 Å². The number of methoxy groups -OCH3 is 1. The van der Waals surface area contributed by atoms with E-state index in [-0.39, 0.29) is 11.3 Å². The van der Waals surface area contributed by atoms with E-state index in [0.717, 1.165) is 10.9 Å². The van der Waals surface area contributed by atoms with Crippen molar-refractivity contribution < 1.29 is 19.4 Å². The van der Waals surface area contributed by atoms with Crippen molar-refractivity contribution in [1.82, 2.24) is 14.8 Å². The summed E-state index contributed by atoms with van der Waals surface area (Å²) in [4.78, 5) is 32.7. The summed E-state index contributed by atoms with van der Waals surface area (Å²) in [6, 6.07) is 14.0. The van der Waals surface area contributed by atoms with E-state index in [0.29, 0.717) is 30.0 Å². The number of aromatic nitrogens is 1. The maximum atomic E-state index is 13.1. The van der Waals surface area contributed by atoms with Crippen molar-refractivity contribution >= 4 is 28.4 Å². The van der Waals surface area contributed by atoms with E-state index in [4.69, 9.17) is 4.74 Å². The normalized spacial score (nSPS) is 18.3. The number of likely N-dealkylation sites (tertiary alicyclic amines) is 1. The molecule has 2 heterocycles. The van der Waals surface area contributed by atoms with Crippen LogP contribution in [0.2, 0.25) is 0 Å². The molecule has 7 nitrogen and oxygen atoms in total. The number of aliphatic hydroxyl groups excluding tert-OH is 1. The first-order valence-electron chi connectivity index (χ1n) is 10.1. The number of likely N-dealkylation sites (N-methyl/N-ethyl adjacent to an activating group) is 1. The van der Waals surface area contributed by atoms with Crippen molar-refractivity contribution in [3.63, 3.8) is 0 Å². The number of nitrogens with one attached hydrogen (secondary N) is 1. The van der Waals surface area contributed by atoms with Crippen molar-refractivity contribution in [3.05, 3.63) is 71.4 Å². The van der Waals surface area contributed by atoms with Crippen molar-refractivity contribution in [2.45, 2.75) is 6.04 Å². The highest BCUT2D eigenvalue weighted by Crippen LogP contribution is 2.43. The molecule has 160 valence electrons. The van der Waals surface area contributed by atoms with Gasteiger partial charge < -0.3 is 24.6 Å². The van der Waals surface area contributed by atoms with Crippen molar-refractivity contribution in [2.75, 3.05) is 34.3 Å². The molecule has 0 saturated carbocycles. The van der Waals surface area contributed by atoms with Crippen LogP contribution in [0.4, 0.5) is 0 Å². The van der Waals surface area contributed by atoms with Crippen molar-refractivity contribution in [3.8, 4) is 5.75 Å². The average Bonchev–Trinajstić information content (AvgIpc) is 3.31. The molecule has 31 heavy (non-hydrogen) atoms. The fourth-order valence-corrected chi connectivity index (χ4v) is 4.05. The number of fused-ring (bicyclic) bond motifs is 1. The molecule has 1 saturated heterocycles. The lowest BCUT2D eigenvalue weighted by atomic mass is 9.94. The smallest absolute Gasteiger partial charge is 0.295 e. The predicted molar refractivity (Wildman–Crippen MR) is 119 cm³/mol. The van der Waals surface area contributed by atoms with E-state index >= 15 is 0 Å². The number of para-hydroxylation sites is 2. The lowest BCUT2D eigenvalue weighted by Crippen LogP contribution is -2.35. The molecule has 0 radical (unpaired) electrons. The van der Waals surface area contributed by atoms with Gasteiger partial charge in [0.1, 0.15) is 11.5 Å². The number of nitrogens with zero attached hydrogens (tertiary/aromatic N) is 2. The van der Waals surface area contributed by atoms with Crippen LogP contribution >= 0.6 is 0 Å². The van der Waals surface area contributed by atoms with Crippen LogP contribution in [0.1, 0.15) is 17.2 Å². The van der Waals surface area contributed by atoms with Gasteiger partial charge in [0, 0.05) is 41.3 Å². The van der Waals surface area contributed by atoms with Gasteiger partial charge in [-0.05, 0) is 26.2 Å². The summed E-state index contributed by atoms with van der Waals surface area (Å²) in [5.41, 5.74) is 2.04. The lowest BCUT2D eigenvalue weighted by Gasteiger charge is -2.27. The zero-order chi connectivity index (χ0) is 22.1. The molecule has 1 amide bonds. The minimum Gasteiger partial charge on any atom is -0.507 e. The monoisotopic (exact) mass is 419 g/mol. The number of hydrogen-bond acceptors (Lipinski definition) is 5. The topological polar surface area (TPSA) is 85.9 Å². The fraction of sp³-hybridized carbons (Fsp3) is 0.250. The first-order chi connectivity index (χ1) is 14.9. The molecule has 0 bridgehead atoms. The van der Waals surface area contributed by atoms with Gasteiger partial charge in [0.05, 0.1) is 18.7 Å². The van der Waals surface area contributed by atoms with E-state index in [2.05, 4.69) is 4.98 Å². The molecule has 0 spiro atoms. The maximum absolute atomic E-state index is 13.1. The van der Waals surface area contributed by atoms with Crippen LogP contribution in [0.15, 0.2) is 60.3 Å². The van der Waals surface area contributed by atoms with Crippen molar-refractivity contribution in [2.24, 2.45) is 0 Å². The molecule has 3 aromatic rings. The SMILES string of the molecule is COc1ccccc1C1/C(=C(\O)c2c[nH]c3ccccc23)C(=O)C(=O)N1CCN(C)C. The largest absolute Gasteiger partial charge is 0.507 e. The minimum atomic E-state index is -0.746. The lowest BCUT2D eigenvalue weighted by molar-refractivity contribution is -0.140. The number of benzene rings is 2. The number of ketones is 1. The van der Waals surface area contributed by atoms with Gasteiger partial charge in [0.25, 0.3) is 11.7 Å². The molecule has 0 aliphatic carbocycles. The number of amides is 1. The second-order valence-corrected chi connectivity index (χ2v) is 7.79. The highest BCUT2D eigenvalue weighted by molar-refractivity contribution is 6.46. The molecule has 1 unspecified atom stereocenters. The molecular formula is C24H25N3O4. The Morgan fingerprint density at radius 1 is 1.13 bits per heavy atom. The third-order valence-electron chi connectivity index (χ3n) is 5.61. The van der Waals surface area contributed by atoms with Gasteiger partial charge in [-0.25, -0.2) is 0 Å². The summed E-state index contributed by atoms with van der Waals surface area (Å²) < 4.78 is 5.52. The standard InChI is InChI=1S/C24H25N3O4/c1-26(2)12-13-27-21(16-9-5-7-11-19(16)31-3)20(23(29)24(27)30)22(28)17-14-25-18-10-6-4-8-15(17)18/h4-11,14,21,25,28H,12-13H2,1-3H3/b22-20+. The number of carbonyl (C=O) groups excluding carboxylic acids is 2. The zero-order valence-corrected chi connectivity index (χ0v) is 17.8. The third-order valence-corrected chi connectivity index (χ3v) is 5.61. The highest BCUT2D eigenvalue weighted by atomic mass is 16.5. The molecule has 1 aliphatic heterocycles. The number of hydrogen-bond donors (Lipinski definition) is 2. The minimum absolute atomic E-state index is 0.0676. The summed E-state index contributed by atoms with van der Waals surface area (Å²) in [7, 11) is 5.35. The Morgan fingerprint density at radius 2 is 1.84 bits per heavy atom. The summed E-state index contributed by atoms with van der Waals surface area (Å²) in [6.07, 6.45) is 1.66. The first-order valence-corrected chi connectivity index (χ1v) is 10.1. The molecule has 1 atom stereocenters. The summed E-state index contributed by atoms with van der Waals surface area (Å²) in [5, 5.41) is 12.1. The first kappa shape index (κ1) is 20.7. The van der Waals surface area contributed by atoms with E-state index < -0.39 is 17.7 Å². The van der Waals surface area contributed by atoms with Crippen LogP contribution in [-0.2, 0) is 9.59 Å². The summed E-state index contributed by atoms with van der Waals surface area (Å²) in [5.74, 6) is -0.968. The van der Waals surface area contributed by atoms with Gasteiger partial charge in [-0.15, -0.1) is 0 Å². The van der Waals surface area contributed by atoms with Gasteiger partial charge in [-0.3, -0.25) is 9.59 Å². The molecule has 1 fully saturated rings. The van der Waals surface area contributed by atoms with Crippen LogP contribution in [0.5, 0.6) is 5.75 Å². The van der Waals surface area contributed by atoms with Crippen LogP contribution in [0.3, 0.4) is 0 Å². The van der Waals surface area contributed by atoms with E-state index in [1.54, 1.807) is 19.4 Å². The van der Waals surface area contributed by atoms with Crippen LogP contribution < -0.4 is 4.74 Å². The number of aliphatic hydroxyl groups is 1. The Hall–Kier alpha value is -3.58. The number of aromatic amines is 1. The Kier molecular flexibility index (Phi) is 5.52. The molecule has 2 N–H and O–H groups in total. The van der Waals surface area contributed by atoms with Crippen LogP contribution in [0.25, 0.3) is 16.7 Å². The van der Waals surface area contributed by atoms with Gasteiger partial charge in [-0.2, -0.15) is 0 Å². The van der Waals surface area contributed by atoms with Crippen LogP contribution in [0, 0.1) is 0 Å². The average molecular weight is 419 g/mol. The van der Waals surface area contributed by atoms with E-state index in [9.17, 15) is 14.7 Å². The summed E-state index contributed by atoms with van der Waals surface area (Å²) >= 11 is 0. The number of H-pyrrole nitrogens is 1. The second-order valence-electron chi connectivity index (χ2n) is 7.79. The highest BCUT2D eigenvalue weighted by Gasteiger charge is 2.47. The maximum Gasteiger partial charge on any atom is 0.295 e. The molecule has 7 heteroatoms. The number of rotatable bonds is 6. The number of carbonyl (C=O) groups is 2. The molecule has 1 aliphatic rings. The Morgan fingerprint density at radius 3 is 2.58 bits per heavy atom. The van der Waals surface area contributed by atoms with Gasteiger partial charge in [-0.1, -0.05) is 36.4 Å². The Balaban J connectivity index is 1.92. The van der Waals surface area contributed by atoms with Gasteiger partial charge >= 0.3 is 0 Å². The van der Waals surface area contributed by atoms with E-state index in [1.165, 1.54) is 4.90 Å². The molecular weight excluding hydrogens is 394 g/mol. The fourth-order valence-electron chi connectivity index (χ4n) is 4.05. The molecule has 1 aromatic heterocycles. The molecule has 2 aromatic carbocycles. The van der Waals surface area contributed by atoms with Crippen molar-refractivity contribution in [1.29, 1.82) is 0 Å². The quantitative estimate of drug-likeness (QED) is 0.364. The predicted octanol–water partition coefficient (Wildman–Crippen LogP) is 3.16. The number of Topliss-reactive ketones (excluding diaryl/α,β-unsaturated/α-hetero) is 1. The Labute approximate surface area is 180 Å². The van der Waals surface area contributed by atoms with Gasteiger partial charge in [0.15, 0.2) is 0 Å². The molecule has 4 rings (SSSR count). The zero-order valence-electron chi connectivity index (χ0n) is 17.8. The third kappa shape index (κ3) is 3.57. The summed E-state index contributed by atoms with van der Waals surface area (Å²) in [6.45, 7) is 0.913. The van der Waals surface area contributed by atoms with Gasteiger partial charge in [0.2, 0.25) is 0 Å². The Bertz CT molecular complexity index is 1180. The number of ether oxygens (including phenoxy) is 1. The van der Waals surface area contributed by atoms with E-state index in [1.807, 2.05) is 61.5 Å². The second kappa shape index (κ2) is 8.28.